The molecule has 0 saturated heterocycles. The average molecular weight is 1320 g/mol. The van der Waals surface area contributed by atoms with Crippen molar-refractivity contribution in [3.63, 3.8) is 0 Å². The van der Waals surface area contributed by atoms with Crippen LogP contribution in [-0.2, 0) is 32.7 Å². The minimum absolute atomic E-state index is 0.0279. The third kappa shape index (κ3) is 77.0. The molecule has 0 saturated carbocycles. The van der Waals surface area contributed by atoms with Gasteiger partial charge in [0.15, 0.2) is 6.10 Å². The topological polar surface area (TPSA) is 111 Å². The number of rotatable bonds is 76. The lowest BCUT2D eigenvalue weighted by atomic mass is 10.0. The maximum absolute atomic E-state index is 12.9. The zero-order chi connectivity index (χ0) is 66.9. The lowest BCUT2D eigenvalue weighted by molar-refractivity contribution is -0.870. The van der Waals surface area contributed by atoms with Gasteiger partial charge in [0.25, 0.3) is 7.82 Å². The first-order valence-corrected chi connectivity index (χ1v) is 41.8. The van der Waals surface area contributed by atoms with Crippen molar-refractivity contribution in [3.05, 3.63) is 48.6 Å². The molecule has 0 aliphatic heterocycles. The van der Waals surface area contributed by atoms with E-state index >= 15 is 0 Å². The van der Waals surface area contributed by atoms with Crippen molar-refractivity contribution in [2.45, 2.75) is 418 Å². The average Bonchev–Trinajstić information content (AvgIpc) is 2.34. The number of ether oxygens (including phenoxy) is 2. The van der Waals surface area contributed by atoms with E-state index in [2.05, 4.69) is 62.5 Å². The molecule has 0 radical (unpaired) electrons. The van der Waals surface area contributed by atoms with Crippen LogP contribution < -0.4 is 4.89 Å². The van der Waals surface area contributed by atoms with Gasteiger partial charge in [-0.3, -0.25) is 14.2 Å². The van der Waals surface area contributed by atoms with Crippen molar-refractivity contribution in [1.29, 1.82) is 0 Å². The molecule has 542 valence electrons. The molecular formula is C82H156NO8P. The van der Waals surface area contributed by atoms with Gasteiger partial charge in [0.2, 0.25) is 0 Å². The summed E-state index contributed by atoms with van der Waals surface area (Å²) in [6, 6.07) is 0. The second-order valence-corrected chi connectivity index (χ2v) is 30.2. The largest absolute Gasteiger partial charge is 0.756 e. The fourth-order valence-corrected chi connectivity index (χ4v) is 12.9. The molecule has 0 spiro atoms. The quantitative estimate of drug-likeness (QED) is 0.0195. The number of likely N-dealkylation sites (N-methyl/N-ethyl adjacent to an activating group) is 1. The molecule has 0 aromatic rings. The van der Waals surface area contributed by atoms with Crippen LogP contribution >= 0.6 is 7.82 Å². The highest BCUT2D eigenvalue weighted by Crippen LogP contribution is 2.38. The molecule has 0 aliphatic carbocycles. The number of phosphoric ester groups is 1. The van der Waals surface area contributed by atoms with Crippen molar-refractivity contribution in [2.75, 3.05) is 47.5 Å². The van der Waals surface area contributed by atoms with E-state index in [1.165, 1.54) is 334 Å². The predicted molar refractivity (Wildman–Crippen MR) is 397 cm³/mol. The normalized spacial score (nSPS) is 13.2. The summed E-state index contributed by atoms with van der Waals surface area (Å²) < 4.78 is 34.4. The lowest BCUT2D eigenvalue weighted by Crippen LogP contribution is -2.37. The third-order valence-electron chi connectivity index (χ3n) is 18.3. The molecule has 0 aliphatic rings. The van der Waals surface area contributed by atoms with Crippen LogP contribution in [0.5, 0.6) is 0 Å². The summed E-state index contributed by atoms with van der Waals surface area (Å²) in [6.07, 6.45) is 96.7. The molecule has 10 heteroatoms. The van der Waals surface area contributed by atoms with Gasteiger partial charge in [-0.1, -0.05) is 371 Å². The van der Waals surface area contributed by atoms with Crippen molar-refractivity contribution in [2.24, 2.45) is 0 Å². The van der Waals surface area contributed by atoms with Gasteiger partial charge >= 0.3 is 11.9 Å². The molecule has 0 amide bonds. The van der Waals surface area contributed by atoms with E-state index in [-0.39, 0.29) is 32.0 Å². The Bertz CT molecular complexity index is 1690. The van der Waals surface area contributed by atoms with Crippen LogP contribution in [0.15, 0.2) is 48.6 Å². The fourth-order valence-electron chi connectivity index (χ4n) is 12.1. The first-order chi connectivity index (χ1) is 45.0. The van der Waals surface area contributed by atoms with Crippen LogP contribution in [0.4, 0.5) is 0 Å². The van der Waals surface area contributed by atoms with Crippen LogP contribution in [0, 0.1) is 0 Å². The lowest BCUT2D eigenvalue weighted by Gasteiger charge is -2.28. The predicted octanol–water partition coefficient (Wildman–Crippen LogP) is 26.1. The Kier molecular flexibility index (Phi) is 71.6. The molecule has 92 heavy (non-hydrogen) atoms. The molecule has 0 aromatic carbocycles. The Labute approximate surface area is 573 Å². The highest BCUT2D eigenvalue weighted by atomic mass is 31.2. The summed E-state index contributed by atoms with van der Waals surface area (Å²) in [5.41, 5.74) is 0. The number of carbonyl (C=O) groups is 2. The fraction of sp³-hybridized carbons (Fsp3) is 0.878. The Morgan fingerprint density at radius 3 is 0.880 bits per heavy atom. The molecule has 0 bridgehead atoms. The van der Waals surface area contributed by atoms with Gasteiger partial charge in [-0.05, 0) is 77.0 Å². The number of esters is 2. The Morgan fingerprint density at radius 1 is 0.337 bits per heavy atom. The van der Waals surface area contributed by atoms with E-state index in [0.717, 1.165) is 44.9 Å². The summed E-state index contributed by atoms with van der Waals surface area (Å²) >= 11 is 0. The number of nitrogens with zero attached hydrogens (tertiary/aromatic N) is 1. The zero-order valence-corrected chi connectivity index (χ0v) is 62.9. The summed E-state index contributed by atoms with van der Waals surface area (Å²) in [4.78, 5) is 38.2. The summed E-state index contributed by atoms with van der Waals surface area (Å²) in [5, 5.41) is 0. The minimum atomic E-state index is -4.64. The van der Waals surface area contributed by atoms with Gasteiger partial charge < -0.3 is 27.9 Å². The van der Waals surface area contributed by atoms with Crippen molar-refractivity contribution < 1.29 is 42.1 Å². The Balaban J connectivity index is 3.91. The smallest absolute Gasteiger partial charge is 0.306 e. The first kappa shape index (κ1) is 90.0. The molecule has 0 fully saturated rings. The maximum atomic E-state index is 12.9. The molecule has 0 heterocycles. The molecule has 0 rings (SSSR count). The zero-order valence-electron chi connectivity index (χ0n) is 62.0. The van der Waals surface area contributed by atoms with Crippen molar-refractivity contribution in [1.82, 2.24) is 0 Å². The number of carbonyl (C=O) groups excluding carboxylic acids is 2. The van der Waals surface area contributed by atoms with Crippen LogP contribution in [0.25, 0.3) is 0 Å². The van der Waals surface area contributed by atoms with Gasteiger partial charge in [0.05, 0.1) is 27.7 Å². The minimum Gasteiger partial charge on any atom is -0.756 e. The van der Waals surface area contributed by atoms with Crippen LogP contribution in [0.2, 0.25) is 0 Å². The molecule has 0 aromatic heterocycles. The number of hydrogen-bond donors (Lipinski definition) is 0. The van der Waals surface area contributed by atoms with E-state index in [0.29, 0.717) is 17.4 Å². The molecule has 0 N–H and O–H groups in total. The van der Waals surface area contributed by atoms with Crippen molar-refractivity contribution >= 4 is 19.8 Å². The summed E-state index contributed by atoms with van der Waals surface area (Å²) in [6.45, 7) is 4.30. The van der Waals surface area contributed by atoms with Gasteiger partial charge in [0.1, 0.15) is 19.8 Å². The number of quaternary nitrogens is 1. The second-order valence-electron chi connectivity index (χ2n) is 28.8. The second kappa shape index (κ2) is 73.2. The van der Waals surface area contributed by atoms with Gasteiger partial charge in [-0.15, -0.1) is 0 Å². The molecule has 2 unspecified atom stereocenters. The van der Waals surface area contributed by atoms with Gasteiger partial charge in [0, 0.05) is 12.8 Å². The number of unbranched alkanes of at least 4 members (excludes halogenated alkanes) is 54. The summed E-state index contributed by atoms with van der Waals surface area (Å²) in [7, 11) is 1.19. The first-order valence-electron chi connectivity index (χ1n) is 40.3. The van der Waals surface area contributed by atoms with Crippen molar-refractivity contribution in [3.8, 4) is 0 Å². The SMILES string of the molecule is CCCCCCC/C=C\C/C=C\C/C=C\CCCCCCCCCCCCCCCCCCCCCCCCC(=O)OC(COC(=O)CCCCCCCCCCCCCCCCCCCCC/C=C\CCCCCCCCCC)COP(=O)([O-])OCC[N+](C)(C)C. The van der Waals surface area contributed by atoms with E-state index in [4.69, 9.17) is 18.5 Å². The standard InChI is InChI=1S/C82H156NO8P/c1-6-8-10-12-14-16-18-20-22-24-26-28-30-32-34-36-38-39-40-41-42-43-45-47-49-51-53-55-57-59-61-63-65-67-69-71-73-75-82(85)91-80(79-90-92(86,87)89-77-76-83(3,4)5)78-88-81(84)74-72-70-68-66-64-62-60-58-56-54-52-50-48-46-44-37-35-33-31-29-27-25-23-21-19-17-15-13-11-9-7-2/h18,20,24-27,30,32,80H,6-17,19,21-23,28-29,31,33-79H2,1-5H3/b20-18-,26-24-,27-25-,32-30-. The van der Waals surface area contributed by atoms with E-state index in [9.17, 15) is 19.0 Å². The van der Waals surface area contributed by atoms with Gasteiger partial charge in [-0.2, -0.15) is 0 Å². The molecular weight excluding hydrogens is 1160 g/mol. The molecule has 9 nitrogen and oxygen atoms in total. The highest BCUT2D eigenvalue weighted by molar-refractivity contribution is 7.45. The monoisotopic (exact) mass is 1310 g/mol. The highest BCUT2D eigenvalue weighted by Gasteiger charge is 2.22. The maximum Gasteiger partial charge on any atom is 0.306 e. The summed E-state index contributed by atoms with van der Waals surface area (Å²) in [5.74, 6) is -0.809. The number of allylic oxidation sites excluding steroid dienone is 8. The number of hydrogen-bond acceptors (Lipinski definition) is 8. The van der Waals surface area contributed by atoms with Gasteiger partial charge in [-0.25, -0.2) is 0 Å². The van der Waals surface area contributed by atoms with Crippen LogP contribution in [-0.4, -0.2) is 70.0 Å². The van der Waals surface area contributed by atoms with E-state index in [1.54, 1.807) is 0 Å². The molecule has 2 atom stereocenters. The third-order valence-corrected chi connectivity index (χ3v) is 19.3. The van der Waals surface area contributed by atoms with E-state index < -0.39 is 26.5 Å². The number of phosphoric acid groups is 1. The Morgan fingerprint density at radius 2 is 0.587 bits per heavy atom. The van der Waals surface area contributed by atoms with E-state index in [1.807, 2.05) is 21.1 Å². The van der Waals surface area contributed by atoms with Crippen LogP contribution in [0.3, 0.4) is 0 Å². The van der Waals surface area contributed by atoms with Crippen LogP contribution in [0.1, 0.15) is 412 Å². The Hall–Kier alpha value is -2.03.